The van der Waals surface area contributed by atoms with Crippen molar-refractivity contribution in [1.82, 2.24) is 0 Å². The van der Waals surface area contributed by atoms with Crippen molar-refractivity contribution in [3.05, 3.63) is 88.7 Å². The molecule has 5 nitrogen and oxygen atoms in total. The number of rotatable bonds is 4. The van der Waals surface area contributed by atoms with Crippen LogP contribution in [0, 0.1) is 5.82 Å². The Bertz CT molecular complexity index is 1100. The number of carbonyl (C=O) groups excluding carboxylic acids is 2. The molecule has 0 spiro atoms. The molecule has 29 heavy (non-hydrogen) atoms. The van der Waals surface area contributed by atoms with Crippen LogP contribution in [0.25, 0.3) is 0 Å². The molecule has 3 aromatic carbocycles. The highest BCUT2D eigenvalue weighted by Crippen LogP contribution is 2.35. The molecule has 1 aliphatic heterocycles. The number of nitrogens with zero attached hydrogens (tertiary/aromatic N) is 1. The van der Waals surface area contributed by atoms with Crippen molar-refractivity contribution in [3.63, 3.8) is 0 Å². The van der Waals surface area contributed by atoms with Crippen LogP contribution in [-0.4, -0.2) is 18.4 Å². The quantitative estimate of drug-likeness (QED) is 0.680. The van der Waals surface area contributed by atoms with Crippen LogP contribution >= 0.6 is 11.6 Å². The number of hydrogen-bond acceptors (Lipinski definition) is 3. The van der Waals surface area contributed by atoms with Gasteiger partial charge >= 0.3 is 0 Å². The van der Waals surface area contributed by atoms with Gasteiger partial charge in [0.1, 0.15) is 11.6 Å². The molecule has 2 amide bonds. The summed E-state index contributed by atoms with van der Waals surface area (Å²) in [6.45, 7) is 0.231. The molecule has 0 radical (unpaired) electrons. The predicted octanol–water partition coefficient (Wildman–Crippen LogP) is 4.66. The number of fused-ring (bicyclic) bond motifs is 1. The molecule has 0 saturated heterocycles. The Morgan fingerprint density at radius 1 is 1.10 bits per heavy atom. The van der Waals surface area contributed by atoms with Crippen molar-refractivity contribution in [3.8, 4) is 5.75 Å². The third-order valence-corrected chi connectivity index (χ3v) is 4.74. The van der Waals surface area contributed by atoms with Gasteiger partial charge in [-0.05, 0) is 48.0 Å². The summed E-state index contributed by atoms with van der Waals surface area (Å²) in [6.07, 6.45) is 0. The highest BCUT2D eigenvalue weighted by Gasteiger charge is 2.26. The third kappa shape index (κ3) is 4.07. The van der Waals surface area contributed by atoms with Gasteiger partial charge < -0.3 is 15.0 Å². The Balaban J connectivity index is 1.62. The van der Waals surface area contributed by atoms with Gasteiger partial charge in [0.25, 0.3) is 11.8 Å². The van der Waals surface area contributed by atoms with Crippen LogP contribution in [0.3, 0.4) is 0 Å². The average molecular weight is 411 g/mol. The highest BCUT2D eigenvalue weighted by atomic mass is 35.5. The topological polar surface area (TPSA) is 58.6 Å². The lowest BCUT2D eigenvalue weighted by atomic mass is 10.1. The molecule has 0 bridgehead atoms. The summed E-state index contributed by atoms with van der Waals surface area (Å²) >= 11 is 6.05. The fourth-order valence-electron chi connectivity index (χ4n) is 3.11. The van der Waals surface area contributed by atoms with Gasteiger partial charge in [-0.3, -0.25) is 9.59 Å². The minimum atomic E-state index is -0.607. The maximum Gasteiger partial charge on any atom is 0.265 e. The van der Waals surface area contributed by atoms with E-state index in [0.717, 1.165) is 5.56 Å². The van der Waals surface area contributed by atoms with E-state index in [-0.39, 0.29) is 18.1 Å². The second kappa shape index (κ2) is 7.93. The maximum atomic E-state index is 13.9. The highest BCUT2D eigenvalue weighted by molar-refractivity contribution is 6.30. The molecule has 1 aliphatic rings. The molecule has 146 valence electrons. The number of carbonyl (C=O) groups is 2. The van der Waals surface area contributed by atoms with Crippen LogP contribution in [0.1, 0.15) is 15.9 Å². The maximum absolute atomic E-state index is 13.9. The predicted molar refractivity (Wildman–Crippen MR) is 109 cm³/mol. The summed E-state index contributed by atoms with van der Waals surface area (Å²) in [6, 6.07) is 17.9. The first-order valence-electron chi connectivity index (χ1n) is 8.89. The Hall–Kier alpha value is -3.38. The lowest BCUT2D eigenvalue weighted by Crippen LogP contribution is -2.38. The summed E-state index contributed by atoms with van der Waals surface area (Å²) in [5.74, 6) is -0.873. The zero-order valence-corrected chi connectivity index (χ0v) is 15.9. The zero-order valence-electron chi connectivity index (χ0n) is 15.2. The molecule has 0 saturated carbocycles. The monoisotopic (exact) mass is 410 g/mol. The fourth-order valence-corrected chi connectivity index (χ4v) is 3.33. The molecule has 0 aromatic heterocycles. The molecule has 0 unspecified atom stereocenters. The van der Waals surface area contributed by atoms with Crippen molar-refractivity contribution < 1.29 is 18.7 Å². The van der Waals surface area contributed by atoms with E-state index in [2.05, 4.69) is 5.32 Å². The minimum Gasteiger partial charge on any atom is -0.482 e. The molecular formula is C22H16ClFN2O3. The van der Waals surface area contributed by atoms with Gasteiger partial charge in [-0.1, -0.05) is 35.9 Å². The summed E-state index contributed by atoms with van der Waals surface area (Å²) in [7, 11) is 0. The molecule has 1 heterocycles. The second-order valence-electron chi connectivity index (χ2n) is 6.51. The first-order valence-corrected chi connectivity index (χ1v) is 9.26. The van der Waals surface area contributed by atoms with Crippen LogP contribution in [-0.2, 0) is 11.3 Å². The Morgan fingerprint density at radius 3 is 2.72 bits per heavy atom. The fraction of sp³-hybridized carbons (Fsp3) is 0.0909. The van der Waals surface area contributed by atoms with Crippen LogP contribution in [0.2, 0.25) is 5.02 Å². The van der Waals surface area contributed by atoms with Gasteiger partial charge in [0.15, 0.2) is 6.61 Å². The lowest BCUT2D eigenvalue weighted by molar-refractivity contribution is -0.121. The van der Waals surface area contributed by atoms with E-state index >= 15 is 0 Å². The van der Waals surface area contributed by atoms with Gasteiger partial charge in [-0.25, -0.2) is 4.39 Å². The van der Waals surface area contributed by atoms with Crippen molar-refractivity contribution in [2.24, 2.45) is 0 Å². The third-order valence-electron chi connectivity index (χ3n) is 4.51. The van der Waals surface area contributed by atoms with Gasteiger partial charge in [-0.2, -0.15) is 0 Å². The molecule has 3 aromatic rings. The molecule has 0 fully saturated rings. The van der Waals surface area contributed by atoms with Crippen LogP contribution in [0.15, 0.2) is 66.7 Å². The van der Waals surface area contributed by atoms with Crippen LogP contribution in [0.5, 0.6) is 5.75 Å². The standard InChI is InChI=1S/C22H16ClFN2O3/c23-15-5-3-4-14(10-15)12-26-19-11-16(8-9-20(19)29-13-21(26)27)25-22(28)17-6-1-2-7-18(17)24/h1-11H,12-13H2,(H,25,28). The average Bonchev–Trinajstić information content (AvgIpc) is 2.70. The first kappa shape index (κ1) is 19.0. The van der Waals surface area contributed by atoms with Crippen molar-refractivity contribution in [2.75, 3.05) is 16.8 Å². The molecule has 7 heteroatoms. The summed E-state index contributed by atoms with van der Waals surface area (Å²) < 4.78 is 19.4. The SMILES string of the molecule is O=C(Nc1ccc2c(c1)N(Cc1cccc(Cl)c1)C(=O)CO2)c1ccccc1F. The Morgan fingerprint density at radius 2 is 1.93 bits per heavy atom. The van der Waals surface area contributed by atoms with Gasteiger partial charge in [0.2, 0.25) is 0 Å². The summed E-state index contributed by atoms with van der Waals surface area (Å²) in [5, 5.41) is 3.24. The van der Waals surface area contributed by atoms with E-state index in [1.807, 2.05) is 12.1 Å². The lowest BCUT2D eigenvalue weighted by Gasteiger charge is -2.30. The molecule has 1 N–H and O–H groups in total. The number of ether oxygens (including phenoxy) is 1. The van der Waals surface area contributed by atoms with E-state index in [9.17, 15) is 14.0 Å². The number of benzene rings is 3. The van der Waals surface area contributed by atoms with Crippen LogP contribution < -0.4 is 15.0 Å². The summed E-state index contributed by atoms with van der Waals surface area (Å²) in [4.78, 5) is 26.4. The number of anilines is 2. The van der Waals surface area contributed by atoms with Crippen molar-refractivity contribution >= 4 is 34.8 Å². The minimum absolute atomic E-state index is 0.0617. The molecule has 4 rings (SSSR count). The normalized spacial score (nSPS) is 12.9. The van der Waals surface area contributed by atoms with E-state index < -0.39 is 11.7 Å². The second-order valence-corrected chi connectivity index (χ2v) is 6.95. The molecule has 0 aliphatic carbocycles. The largest absolute Gasteiger partial charge is 0.482 e. The van der Waals surface area contributed by atoms with Gasteiger partial charge in [0.05, 0.1) is 17.8 Å². The number of amides is 2. The van der Waals surface area contributed by atoms with Crippen molar-refractivity contribution in [2.45, 2.75) is 6.54 Å². The van der Waals surface area contributed by atoms with E-state index in [4.69, 9.17) is 16.3 Å². The number of nitrogens with one attached hydrogen (secondary N) is 1. The summed E-state index contributed by atoms with van der Waals surface area (Å²) in [5.41, 5.74) is 1.74. The number of hydrogen-bond donors (Lipinski definition) is 1. The first-order chi connectivity index (χ1) is 14.0. The number of halogens is 2. The van der Waals surface area contributed by atoms with E-state index in [1.165, 1.54) is 18.2 Å². The molecular weight excluding hydrogens is 395 g/mol. The zero-order chi connectivity index (χ0) is 20.4. The Kier molecular flexibility index (Phi) is 5.18. The van der Waals surface area contributed by atoms with Gasteiger partial charge in [0, 0.05) is 10.7 Å². The van der Waals surface area contributed by atoms with Crippen LogP contribution in [0.4, 0.5) is 15.8 Å². The van der Waals surface area contributed by atoms with Crippen molar-refractivity contribution in [1.29, 1.82) is 0 Å². The van der Waals surface area contributed by atoms with E-state index in [1.54, 1.807) is 41.3 Å². The molecule has 0 atom stereocenters. The van der Waals surface area contributed by atoms with E-state index in [0.29, 0.717) is 28.7 Å². The van der Waals surface area contributed by atoms with Gasteiger partial charge in [-0.15, -0.1) is 0 Å². The Labute approximate surface area is 171 Å². The smallest absolute Gasteiger partial charge is 0.265 e.